The first-order valence-electron chi connectivity index (χ1n) is 7.75. The first-order valence-corrected chi connectivity index (χ1v) is 7.75. The smallest absolute Gasteiger partial charge is 0.290 e. The van der Waals surface area contributed by atoms with Crippen molar-refractivity contribution in [2.24, 2.45) is 13.0 Å². The maximum Gasteiger partial charge on any atom is 0.330 e. The molecule has 23 heavy (non-hydrogen) atoms. The van der Waals surface area contributed by atoms with Crippen molar-refractivity contribution in [1.82, 2.24) is 14.1 Å². The van der Waals surface area contributed by atoms with Crippen LogP contribution in [0.1, 0.15) is 18.4 Å². The molecule has 1 aromatic carbocycles. The van der Waals surface area contributed by atoms with Gasteiger partial charge in [-0.3, -0.25) is 9.13 Å². The van der Waals surface area contributed by atoms with E-state index in [1.165, 1.54) is 12.8 Å². The molecule has 0 radical (unpaired) electrons. The van der Waals surface area contributed by atoms with E-state index in [0.29, 0.717) is 22.8 Å². The van der Waals surface area contributed by atoms with Crippen LogP contribution in [0.5, 0.6) is 0 Å². The summed E-state index contributed by atoms with van der Waals surface area (Å²) < 4.78 is 3.41. The van der Waals surface area contributed by atoms with Crippen molar-refractivity contribution in [3.8, 4) is 17.3 Å². The quantitative estimate of drug-likeness (QED) is 0.747. The van der Waals surface area contributed by atoms with Gasteiger partial charge in [0.1, 0.15) is 0 Å². The van der Waals surface area contributed by atoms with Gasteiger partial charge in [0.2, 0.25) is 0 Å². The number of benzene rings is 1. The molecule has 1 aliphatic carbocycles. The van der Waals surface area contributed by atoms with Crippen LogP contribution in [0.2, 0.25) is 0 Å². The number of hydrogen-bond acceptors (Lipinski definition) is 3. The number of pyridine rings is 1. The van der Waals surface area contributed by atoms with Gasteiger partial charge < -0.3 is 0 Å². The molecule has 0 unspecified atom stereocenters. The average Bonchev–Trinajstić information content (AvgIpc) is 3.38. The molecule has 0 bridgehead atoms. The summed E-state index contributed by atoms with van der Waals surface area (Å²) in [5.74, 6) is 0.622. The van der Waals surface area contributed by atoms with Gasteiger partial charge in [-0.05, 0) is 37.0 Å². The van der Waals surface area contributed by atoms with Crippen molar-refractivity contribution in [2.45, 2.75) is 19.4 Å². The monoisotopic (exact) mass is 304 g/mol. The van der Waals surface area contributed by atoms with E-state index in [-0.39, 0.29) is 5.69 Å². The molecule has 0 atom stereocenters. The molecular formula is C18H16N4O. The molecule has 3 aromatic rings. The molecule has 2 aromatic heterocycles. The van der Waals surface area contributed by atoms with Crippen LogP contribution in [0.15, 0.2) is 41.2 Å². The van der Waals surface area contributed by atoms with E-state index in [2.05, 4.69) is 11.1 Å². The Labute approximate surface area is 133 Å². The third-order valence-corrected chi connectivity index (χ3v) is 4.44. The lowest BCUT2D eigenvalue weighted by atomic mass is 10.1. The number of rotatable bonds is 3. The fourth-order valence-electron chi connectivity index (χ4n) is 2.96. The van der Waals surface area contributed by atoms with E-state index >= 15 is 0 Å². The fourth-order valence-corrected chi connectivity index (χ4v) is 2.96. The highest BCUT2D eigenvalue weighted by atomic mass is 16.1. The molecular weight excluding hydrogens is 288 g/mol. The Bertz CT molecular complexity index is 1000. The van der Waals surface area contributed by atoms with Gasteiger partial charge in [-0.2, -0.15) is 5.26 Å². The van der Waals surface area contributed by atoms with Crippen LogP contribution in [0.25, 0.3) is 22.4 Å². The third-order valence-electron chi connectivity index (χ3n) is 4.44. The van der Waals surface area contributed by atoms with E-state index in [0.717, 1.165) is 17.6 Å². The summed E-state index contributed by atoms with van der Waals surface area (Å²) in [5, 5.41) is 9.26. The Morgan fingerprint density at radius 3 is 2.78 bits per heavy atom. The molecule has 5 nitrogen and oxygen atoms in total. The van der Waals surface area contributed by atoms with Crippen LogP contribution < -0.4 is 5.69 Å². The molecule has 0 N–H and O–H groups in total. The van der Waals surface area contributed by atoms with Crippen LogP contribution in [-0.2, 0) is 13.6 Å². The Kier molecular flexibility index (Phi) is 3.05. The largest absolute Gasteiger partial charge is 0.330 e. The number of aromatic nitrogens is 3. The number of aryl methyl sites for hydroxylation is 1. The van der Waals surface area contributed by atoms with E-state index in [1.54, 1.807) is 17.7 Å². The number of nitrogens with zero attached hydrogens (tertiary/aromatic N) is 4. The maximum absolute atomic E-state index is 12.5. The van der Waals surface area contributed by atoms with Crippen LogP contribution >= 0.6 is 0 Å². The fraction of sp³-hybridized carbons (Fsp3) is 0.278. The summed E-state index contributed by atoms with van der Waals surface area (Å²) >= 11 is 0. The van der Waals surface area contributed by atoms with Gasteiger partial charge in [-0.25, -0.2) is 9.78 Å². The second kappa shape index (κ2) is 5.10. The van der Waals surface area contributed by atoms with Crippen molar-refractivity contribution >= 4 is 11.2 Å². The molecule has 114 valence electrons. The van der Waals surface area contributed by atoms with Gasteiger partial charge >= 0.3 is 5.69 Å². The highest BCUT2D eigenvalue weighted by Crippen LogP contribution is 2.31. The molecule has 4 rings (SSSR count). The molecule has 0 aliphatic heterocycles. The van der Waals surface area contributed by atoms with Gasteiger partial charge in [0, 0.05) is 19.2 Å². The Balaban J connectivity index is 1.90. The number of fused-ring (bicyclic) bond motifs is 1. The van der Waals surface area contributed by atoms with Crippen molar-refractivity contribution in [2.75, 3.05) is 0 Å². The lowest BCUT2D eigenvalue weighted by molar-refractivity contribution is 0.609. The molecule has 1 fully saturated rings. The zero-order valence-electron chi connectivity index (χ0n) is 12.9. The zero-order chi connectivity index (χ0) is 16.0. The molecule has 2 heterocycles. The van der Waals surface area contributed by atoms with E-state index in [1.807, 2.05) is 34.9 Å². The van der Waals surface area contributed by atoms with Gasteiger partial charge in [-0.15, -0.1) is 0 Å². The molecule has 1 saturated carbocycles. The summed E-state index contributed by atoms with van der Waals surface area (Å²) in [6.45, 7) is 0.770. The minimum atomic E-state index is -0.0230. The Hall–Kier alpha value is -2.87. The standard InChI is InChI=1S/C18H16N4O/c1-21-17-16(22(18(21)23)11-12-6-7-12)9-8-15(20-17)14-5-3-2-4-13(14)10-19/h2-5,8-9,12H,6-7,11H2,1H3. The Morgan fingerprint density at radius 2 is 2.04 bits per heavy atom. The SMILES string of the molecule is Cn1c(=O)n(CC2CC2)c2ccc(-c3ccccc3C#N)nc21. The van der Waals surface area contributed by atoms with Gasteiger partial charge in [-0.1, -0.05) is 18.2 Å². The third kappa shape index (κ3) is 2.23. The maximum atomic E-state index is 12.5. The van der Waals surface area contributed by atoms with E-state index in [9.17, 15) is 10.1 Å². The normalized spacial score (nSPS) is 14.1. The second-order valence-corrected chi connectivity index (χ2v) is 6.09. The van der Waals surface area contributed by atoms with E-state index in [4.69, 9.17) is 0 Å². The van der Waals surface area contributed by atoms with Crippen molar-refractivity contribution in [1.29, 1.82) is 5.26 Å². The van der Waals surface area contributed by atoms with E-state index < -0.39 is 0 Å². The predicted molar refractivity (Wildman–Crippen MR) is 87.8 cm³/mol. The summed E-state index contributed by atoms with van der Waals surface area (Å²) in [6, 6.07) is 13.4. The highest BCUT2D eigenvalue weighted by molar-refractivity contribution is 5.78. The lowest BCUT2D eigenvalue weighted by Gasteiger charge is -2.05. The predicted octanol–water partition coefficient (Wildman–Crippen LogP) is 2.68. The molecule has 0 saturated heterocycles. The van der Waals surface area contributed by atoms with Crippen LogP contribution in [0.3, 0.4) is 0 Å². The molecule has 0 spiro atoms. The first-order chi connectivity index (χ1) is 11.2. The summed E-state index contributed by atoms with van der Waals surface area (Å²) in [7, 11) is 1.75. The number of imidazole rings is 1. The highest BCUT2D eigenvalue weighted by Gasteiger charge is 2.24. The van der Waals surface area contributed by atoms with Crippen LogP contribution in [0, 0.1) is 17.2 Å². The lowest BCUT2D eigenvalue weighted by Crippen LogP contribution is -2.22. The average molecular weight is 304 g/mol. The van der Waals surface area contributed by atoms with Crippen molar-refractivity contribution in [3.63, 3.8) is 0 Å². The minimum Gasteiger partial charge on any atom is -0.290 e. The molecule has 1 aliphatic rings. The Morgan fingerprint density at radius 1 is 1.26 bits per heavy atom. The zero-order valence-corrected chi connectivity index (χ0v) is 12.9. The summed E-state index contributed by atoms with van der Waals surface area (Å²) in [6.07, 6.45) is 2.40. The minimum absolute atomic E-state index is 0.0230. The summed E-state index contributed by atoms with van der Waals surface area (Å²) in [5.41, 5.74) is 3.60. The summed E-state index contributed by atoms with van der Waals surface area (Å²) in [4.78, 5) is 17.1. The topological polar surface area (TPSA) is 63.6 Å². The van der Waals surface area contributed by atoms with Gasteiger partial charge in [0.15, 0.2) is 5.65 Å². The second-order valence-electron chi connectivity index (χ2n) is 6.09. The van der Waals surface area contributed by atoms with Crippen molar-refractivity contribution < 1.29 is 0 Å². The number of nitriles is 1. The van der Waals surface area contributed by atoms with Gasteiger partial charge in [0.05, 0.1) is 22.8 Å². The first kappa shape index (κ1) is 13.8. The molecule has 0 amide bonds. The van der Waals surface area contributed by atoms with Gasteiger partial charge in [0.25, 0.3) is 0 Å². The van der Waals surface area contributed by atoms with Crippen molar-refractivity contribution in [3.05, 3.63) is 52.4 Å². The van der Waals surface area contributed by atoms with Crippen LogP contribution in [-0.4, -0.2) is 14.1 Å². The van der Waals surface area contributed by atoms with Crippen LogP contribution in [0.4, 0.5) is 0 Å². The molecule has 5 heteroatoms. The number of hydrogen-bond donors (Lipinski definition) is 0.